The Morgan fingerprint density at radius 3 is 2.11 bits per heavy atom. The highest BCUT2D eigenvalue weighted by molar-refractivity contribution is 7.16. The highest BCUT2D eigenvalue weighted by Crippen LogP contribution is 2.31. The van der Waals surface area contributed by atoms with Gasteiger partial charge in [-0.3, -0.25) is 9.59 Å². The molecule has 2 aliphatic rings. The highest BCUT2D eigenvalue weighted by Gasteiger charge is 2.30. The zero-order valence-electron chi connectivity index (χ0n) is 38.4. The first-order valence-corrected chi connectivity index (χ1v) is 23.8. The van der Waals surface area contributed by atoms with Crippen LogP contribution in [0, 0.1) is 11.8 Å². The second-order valence-corrected chi connectivity index (χ2v) is 17.5. The van der Waals surface area contributed by atoms with Gasteiger partial charge in [0.2, 0.25) is 5.13 Å². The van der Waals surface area contributed by atoms with Crippen LogP contribution in [0.2, 0.25) is 0 Å². The maximum atomic E-state index is 12.9. The van der Waals surface area contributed by atoms with Crippen molar-refractivity contribution < 1.29 is 42.9 Å². The Morgan fingerprint density at radius 2 is 1.53 bits per heavy atom. The van der Waals surface area contributed by atoms with E-state index in [-0.39, 0.29) is 60.1 Å². The van der Waals surface area contributed by atoms with Crippen molar-refractivity contribution in [3.05, 3.63) is 89.7 Å². The van der Waals surface area contributed by atoms with Gasteiger partial charge in [-0.1, -0.05) is 38.0 Å². The van der Waals surface area contributed by atoms with E-state index in [1.807, 2.05) is 11.9 Å². The lowest BCUT2D eigenvalue weighted by molar-refractivity contribution is -0.146. The molecule has 64 heavy (non-hydrogen) atoms. The molecule has 4 rings (SSSR count). The van der Waals surface area contributed by atoms with Crippen molar-refractivity contribution in [1.29, 1.82) is 0 Å². The minimum atomic E-state index is -0.407. The summed E-state index contributed by atoms with van der Waals surface area (Å²) in [6.45, 7) is 22.2. The Labute approximate surface area is 389 Å². The summed E-state index contributed by atoms with van der Waals surface area (Å²) in [5.41, 5.74) is 1.73. The molecule has 0 atom stereocenters. The van der Waals surface area contributed by atoms with E-state index in [0.717, 1.165) is 67.1 Å². The molecule has 350 valence electrons. The number of carbonyl (C=O) groups excluding carboxylic acids is 4. The zero-order chi connectivity index (χ0) is 46.9. The number of hydrogen-bond donors (Lipinski definition) is 0. The van der Waals surface area contributed by atoms with Gasteiger partial charge in [-0.25, -0.2) is 19.6 Å². The molecule has 1 aromatic heterocycles. The number of anilines is 1. The van der Waals surface area contributed by atoms with Crippen molar-refractivity contribution in [2.45, 2.75) is 136 Å². The number of unbranched alkanes of at least 4 members (excludes halogenated alkanes) is 3. The maximum absolute atomic E-state index is 12.9. The van der Waals surface area contributed by atoms with E-state index >= 15 is 0 Å². The predicted octanol–water partition coefficient (Wildman–Crippen LogP) is 11.8. The number of benzene rings is 1. The van der Waals surface area contributed by atoms with Crippen LogP contribution in [-0.2, 0) is 33.3 Å². The third-order valence-corrected chi connectivity index (χ3v) is 11.9. The van der Waals surface area contributed by atoms with Crippen molar-refractivity contribution in [3.8, 4) is 5.75 Å². The van der Waals surface area contributed by atoms with Gasteiger partial charge < -0.3 is 23.7 Å². The second kappa shape index (κ2) is 29.4. The van der Waals surface area contributed by atoms with Crippen LogP contribution in [0.5, 0.6) is 5.75 Å². The highest BCUT2D eigenvalue weighted by atomic mass is 35.5. The largest absolute Gasteiger partial charge is 0.494 e. The first kappa shape index (κ1) is 53.3. The van der Waals surface area contributed by atoms with Gasteiger partial charge in [-0.05, 0) is 165 Å². The Balaban J connectivity index is 0.000000571. The summed E-state index contributed by atoms with van der Waals surface area (Å²) in [6, 6.07) is 7.15. The molecule has 2 saturated carbocycles. The van der Waals surface area contributed by atoms with E-state index in [9.17, 15) is 19.2 Å². The third-order valence-electron chi connectivity index (χ3n) is 10.7. The van der Waals surface area contributed by atoms with E-state index in [0.29, 0.717) is 61.7 Å². The van der Waals surface area contributed by atoms with Gasteiger partial charge in [-0.15, -0.1) is 11.6 Å². The van der Waals surface area contributed by atoms with Gasteiger partial charge in [0.15, 0.2) is 0 Å². The molecular formula is C50H68ClN3O9S. The molecule has 14 heteroatoms. The number of hydrazone groups is 1. The monoisotopic (exact) mass is 921 g/mol. The molecule has 12 nitrogen and oxygen atoms in total. The van der Waals surface area contributed by atoms with Gasteiger partial charge in [0, 0.05) is 23.7 Å². The van der Waals surface area contributed by atoms with Gasteiger partial charge in [0.25, 0.3) is 0 Å². The summed E-state index contributed by atoms with van der Waals surface area (Å²) in [5, 5.41) is 7.07. The number of carbonyl (C=O) groups is 4. The SMILES string of the molecule is C=CC(=C/C=C(\C)C(=O)OC1CCC(C)CC1)OC(=O)C1CCC(OC(=O)c2ccc(OCCCCCCOC(=O)CCCl)cc2)CC1.C=Cc1nc(N(/N=C/C)C(C)C)sc1C=C. The van der Waals surface area contributed by atoms with Crippen molar-refractivity contribution >= 4 is 70.3 Å². The average Bonchev–Trinajstić information content (AvgIpc) is 3.72. The first-order valence-electron chi connectivity index (χ1n) is 22.4. The number of ether oxygens (including phenoxy) is 5. The lowest BCUT2D eigenvalue weighted by atomic mass is 9.87. The normalized spacial score (nSPS) is 18.9. The summed E-state index contributed by atoms with van der Waals surface area (Å²) in [7, 11) is 0. The van der Waals surface area contributed by atoms with Gasteiger partial charge >= 0.3 is 23.9 Å². The van der Waals surface area contributed by atoms with Crippen LogP contribution in [0.25, 0.3) is 12.2 Å². The van der Waals surface area contributed by atoms with Crippen LogP contribution < -0.4 is 9.75 Å². The van der Waals surface area contributed by atoms with Gasteiger partial charge in [-0.2, -0.15) is 5.10 Å². The third kappa shape index (κ3) is 19.0. The van der Waals surface area contributed by atoms with E-state index in [1.165, 1.54) is 6.08 Å². The molecule has 0 bridgehead atoms. The molecule has 0 N–H and O–H groups in total. The minimum absolute atomic E-state index is 0.0431. The van der Waals surface area contributed by atoms with E-state index < -0.39 is 5.97 Å². The number of allylic oxidation sites excluding steroid dienone is 3. The molecule has 2 aromatic rings. The summed E-state index contributed by atoms with van der Waals surface area (Å²) in [6.07, 6.45) is 19.5. The number of halogens is 1. The van der Waals surface area contributed by atoms with Crippen LogP contribution in [-0.4, -0.2) is 72.4 Å². The summed E-state index contributed by atoms with van der Waals surface area (Å²) in [5.74, 6) is 0.169. The number of nitrogens with zero attached hydrogens (tertiary/aromatic N) is 3. The van der Waals surface area contributed by atoms with Crippen LogP contribution in [0.4, 0.5) is 5.13 Å². The number of rotatable bonds is 23. The van der Waals surface area contributed by atoms with Gasteiger partial charge in [0.1, 0.15) is 23.7 Å². The summed E-state index contributed by atoms with van der Waals surface area (Å²) < 4.78 is 27.8. The van der Waals surface area contributed by atoms with Crippen LogP contribution in [0.3, 0.4) is 0 Å². The zero-order valence-corrected chi connectivity index (χ0v) is 40.0. The number of thiazole rings is 1. The quantitative estimate of drug-likeness (QED) is 0.0121. The topological polar surface area (TPSA) is 143 Å². The fourth-order valence-electron chi connectivity index (χ4n) is 6.87. The molecule has 0 aliphatic heterocycles. The molecule has 1 aromatic carbocycles. The second-order valence-electron chi connectivity index (χ2n) is 16.1. The van der Waals surface area contributed by atoms with Crippen molar-refractivity contribution in [2.75, 3.05) is 24.1 Å². The maximum Gasteiger partial charge on any atom is 0.338 e. The lowest BCUT2D eigenvalue weighted by Gasteiger charge is -2.27. The summed E-state index contributed by atoms with van der Waals surface area (Å²) >= 11 is 7.08. The lowest BCUT2D eigenvalue weighted by Crippen LogP contribution is -2.28. The molecule has 0 saturated heterocycles. The van der Waals surface area contributed by atoms with Crippen molar-refractivity contribution in [2.24, 2.45) is 16.9 Å². The average molecular weight is 923 g/mol. The number of esters is 4. The minimum Gasteiger partial charge on any atom is -0.494 e. The van der Waals surface area contributed by atoms with E-state index in [4.69, 9.17) is 35.3 Å². The number of alkyl halides is 1. The first-order chi connectivity index (χ1) is 30.8. The van der Waals surface area contributed by atoms with E-state index in [2.05, 4.69) is 50.6 Å². The Kier molecular flexibility index (Phi) is 24.5. The van der Waals surface area contributed by atoms with Crippen LogP contribution in [0.1, 0.15) is 139 Å². The fourth-order valence-corrected chi connectivity index (χ4v) is 8.03. The molecule has 0 amide bonds. The number of aromatic nitrogens is 1. The molecule has 0 radical (unpaired) electrons. The Bertz CT molecular complexity index is 1880. The molecule has 1 heterocycles. The molecule has 0 spiro atoms. The van der Waals surface area contributed by atoms with Crippen LogP contribution in [0.15, 0.2) is 78.7 Å². The fraction of sp³-hybridized carbons (Fsp3) is 0.520. The predicted molar refractivity (Wildman–Crippen MR) is 258 cm³/mol. The van der Waals surface area contributed by atoms with Crippen molar-refractivity contribution in [1.82, 2.24) is 4.98 Å². The van der Waals surface area contributed by atoms with Crippen LogP contribution >= 0.6 is 22.9 Å². The molecular weight excluding hydrogens is 854 g/mol. The molecule has 2 aliphatic carbocycles. The van der Waals surface area contributed by atoms with E-state index in [1.54, 1.807) is 73.0 Å². The van der Waals surface area contributed by atoms with Gasteiger partial charge in [0.05, 0.1) is 41.7 Å². The smallest absolute Gasteiger partial charge is 0.338 e. The Morgan fingerprint density at radius 1 is 0.891 bits per heavy atom. The standard InChI is InChI=1S/C38H51ClO9.C12H17N3S/c1-4-31(18-11-28(3)36(41)47-33-16-9-27(2)10-17-33)46-37(42)30-14-21-34(22-15-30)48-38(43)29-12-19-32(20-13-29)44-25-7-5-6-8-26-45-35(40)23-24-39;1-6-10-11(7-2)16-12(14-10)15(9(4)5)13-8-3/h4,11-13,18-20,27,30,33-34H,1,5-10,14-17,21-26H2,2-3H3;6-9H,1-2H2,3-5H3/b28-11+,31-18?;13-8+. The number of hydrogen-bond acceptors (Lipinski definition) is 13. The Hall–Kier alpha value is -5.01. The molecule has 0 unspecified atom stereocenters. The molecule has 2 fully saturated rings. The summed E-state index contributed by atoms with van der Waals surface area (Å²) in [4.78, 5) is 54.9. The van der Waals surface area contributed by atoms with Crippen molar-refractivity contribution in [3.63, 3.8) is 0 Å².